The predicted molar refractivity (Wildman–Crippen MR) is 78.0 cm³/mol. The molecule has 18 heavy (non-hydrogen) atoms. The molecule has 98 valence electrons. The van der Waals surface area contributed by atoms with Gasteiger partial charge in [0.15, 0.2) is 0 Å². The SMILES string of the molecule is CC#CC(C)C(C)c1ccc(OCCC)cc1C. The van der Waals surface area contributed by atoms with E-state index >= 15 is 0 Å². The summed E-state index contributed by atoms with van der Waals surface area (Å²) >= 11 is 0. The summed E-state index contributed by atoms with van der Waals surface area (Å²) < 4.78 is 5.65. The fourth-order valence-corrected chi connectivity index (χ4v) is 2.09. The van der Waals surface area contributed by atoms with Crippen molar-refractivity contribution in [2.75, 3.05) is 6.61 Å². The van der Waals surface area contributed by atoms with Crippen LogP contribution in [0.3, 0.4) is 0 Å². The van der Waals surface area contributed by atoms with E-state index in [1.165, 1.54) is 11.1 Å². The maximum Gasteiger partial charge on any atom is 0.119 e. The summed E-state index contributed by atoms with van der Waals surface area (Å²) in [4.78, 5) is 0. The lowest BCUT2D eigenvalue weighted by molar-refractivity contribution is 0.317. The number of hydrogen-bond donors (Lipinski definition) is 0. The lowest BCUT2D eigenvalue weighted by atomic mass is 9.87. The summed E-state index contributed by atoms with van der Waals surface area (Å²) in [6.45, 7) is 11.4. The third-order valence-electron chi connectivity index (χ3n) is 3.33. The van der Waals surface area contributed by atoms with E-state index in [4.69, 9.17) is 4.74 Å². The van der Waals surface area contributed by atoms with Gasteiger partial charge in [0.1, 0.15) is 5.75 Å². The highest BCUT2D eigenvalue weighted by Crippen LogP contribution is 2.29. The van der Waals surface area contributed by atoms with Crippen LogP contribution in [0.15, 0.2) is 18.2 Å². The fraction of sp³-hybridized carbons (Fsp3) is 0.529. The highest BCUT2D eigenvalue weighted by atomic mass is 16.5. The van der Waals surface area contributed by atoms with E-state index in [1.807, 2.05) is 6.92 Å². The van der Waals surface area contributed by atoms with E-state index in [0.29, 0.717) is 11.8 Å². The Balaban J connectivity index is 2.86. The van der Waals surface area contributed by atoms with Crippen LogP contribution in [0.5, 0.6) is 5.75 Å². The molecule has 0 heterocycles. The molecule has 0 saturated carbocycles. The Morgan fingerprint density at radius 2 is 2.00 bits per heavy atom. The van der Waals surface area contributed by atoms with Gasteiger partial charge in [-0.05, 0) is 49.4 Å². The van der Waals surface area contributed by atoms with E-state index in [0.717, 1.165) is 18.8 Å². The monoisotopic (exact) mass is 244 g/mol. The molecule has 0 fully saturated rings. The molecule has 2 unspecified atom stereocenters. The highest BCUT2D eigenvalue weighted by Gasteiger charge is 2.14. The second-order valence-corrected chi connectivity index (χ2v) is 4.84. The molecule has 0 N–H and O–H groups in total. The Labute approximate surface area is 112 Å². The molecule has 0 amide bonds. The van der Waals surface area contributed by atoms with Gasteiger partial charge in [-0.15, -0.1) is 5.92 Å². The first kappa shape index (κ1) is 14.6. The maximum atomic E-state index is 5.65. The van der Waals surface area contributed by atoms with E-state index < -0.39 is 0 Å². The van der Waals surface area contributed by atoms with Crippen LogP contribution in [-0.2, 0) is 0 Å². The molecule has 1 aromatic carbocycles. The topological polar surface area (TPSA) is 9.23 Å². The van der Waals surface area contributed by atoms with Gasteiger partial charge in [0.25, 0.3) is 0 Å². The van der Waals surface area contributed by atoms with Gasteiger partial charge in [-0.3, -0.25) is 0 Å². The van der Waals surface area contributed by atoms with Gasteiger partial charge in [-0.1, -0.05) is 32.8 Å². The average molecular weight is 244 g/mol. The van der Waals surface area contributed by atoms with Crippen LogP contribution in [0.25, 0.3) is 0 Å². The van der Waals surface area contributed by atoms with Gasteiger partial charge in [-0.2, -0.15) is 0 Å². The molecule has 0 aromatic heterocycles. The minimum absolute atomic E-state index is 0.385. The molecule has 1 nitrogen and oxygen atoms in total. The Hall–Kier alpha value is -1.42. The van der Waals surface area contributed by atoms with Crippen LogP contribution in [-0.4, -0.2) is 6.61 Å². The van der Waals surface area contributed by atoms with Crippen molar-refractivity contribution in [2.45, 2.75) is 47.0 Å². The van der Waals surface area contributed by atoms with Gasteiger partial charge in [0.05, 0.1) is 6.61 Å². The molecule has 2 atom stereocenters. The molecule has 0 aliphatic rings. The van der Waals surface area contributed by atoms with Crippen LogP contribution in [0.4, 0.5) is 0 Å². The zero-order valence-electron chi connectivity index (χ0n) is 12.2. The third kappa shape index (κ3) is 3.81. The van der Waals surface area contributed by atoms with Crippen molar-refractivity contribution in [1.82, 2.24) is 0 Å². The number of benzene rings is 1. The highest BCUT2D eigenvalue weighted by molar-refractivity contribution is 5.37. The first-order chi connectivity index (χ1) is 8.60. The van der Waals surface area contributed by atoms with Gasteiger partial charge in [0, 0.05) is 5.92 Å². The van der Waals surface area contributed by atoms with Crippen molar-refractivity contribution < 1.29 is 4.74 Å². The zero-order chi connectivity index (χ0) is 13.5. The second-order valence-electron chi connectivity index (χ2n) is 4.84. The van der Waals surface area contributed by atoms with Crippen molar-refractivity contribution in [3.8, 4) is 17.6 Å². The summed E-state index contributed by atoms with van der Waals surface area (Å²) in [5, 5.41) is 0. The Bertz CT molecular complexity index is 437. The predicted octanol–water partition coefficient (Wildman–Crippen LogP) is 4.55. The van der Waals surface area contributed by atoms with Crippen LogP contribution in [0, 0.1) is 24.7 Å². The van der Waals surface area contributed by atoms with Crippen molar-refractivity contribution in [1.29, 1.82) is 0 Å². The lowest BCUT2D eigenvalue weighted by Crippen LogP contribution is -2.06. The van der Waals surface area contributed by atoms with Gasteiger partial charge < -0.3 is 4.74 Å². The molecule has 1 rings (SSSR count). The smallest absolute Gasteiger partial charge is 0.119 e. The molecule has 0 aliphatic carbocycles. The molecule has 0 spiro atoms. The number of aryl methyl sites for hydroxylation is 1. The fourth-order valence-electron chi connectivity index (χ4n) is 2.09. The maximum absolute atomic E-state index is 5.65. The van der Waals surface area contributed by atoms with Crippen LogP contribution in [0.1, 0.15) is 51.2 Å². The molecule has 0 saturated heterocycles. The summed E-state index contributed by atoms with van der Waals surface area (Å²) in [6, 6.07) is 6.38. The van der Waals surface area contributed by atoms with Crippen LogP contribution < -0.4 is 4.74 Å². The molecule has 0 aliphatic heterocycles. The van der Waals surface area contributed by atoms with Crippen LogP contribution >= 0.6 is 0 Å². The summed E-state index contributed by atoms with van der Waals surface area (Å²) in [5.74, 6) is 8.05. The van der Waals surface area contributed by atoms with Crippen LogP contribution in [0.2, 0.25) is 0 Å². The van der Waals surface area contributed by atoms with E-state index in [1.54, 1.807) is 0 Å². The lowest BCUT2D eigenvalue weighted by Gasteiger charge is -2.18. The second kappa shape index (κ2) is 7.11. The number of ether oxygens (including phenoxy) is 1. The third-order valence-corrected chi connectivity index (χ3v) is 3.33. The zero-order valence-corrected chi connectivity index (χ0v) is 12.2. The first-order valence-electron chi connectivity index (χ1n) is 6.75. The first-order valence-corrected chi connectivity index (χ1v) is 6.75. The minimum atomic E-state index is 0.385. The van der Waals surface area contributed by atoms with Crippen molar-refractivity contribution in [3.05, 3.63) is 29.3 Å². The Morgan fingerprint density at radius 3 is 2.56 bits per heavy atom. The quantitative estimate of drug-likeness (QED) is 0.691. The Morgan fingerprint density at radius 1 is 1.28 bits per heavy atom. The van der Waals surface area contributed by atoms with Gasteiger partial charge in [-0.25, -0.2) is 0 Å². The summed E-state index contributed by atoms with van der Waals surface area (Å²) in [5.41, 5.74) is 2.66. The largest absolute Gasteiger partial charge is 0.494 e. The van der Waals surface area contributed by atoms with E-state index in [9.17, 15) is 0 Å². The van der Waals surface area contributed by atoms with E-state index in [-0.39, 0.29) is 0 Å². The van der Waals surface area contributed by atoms with Crippen molar-refractivity contribution in [2.24, 2.45) is 5.92 Å². The number of rotatable bonds is 5. The standard InChI is InChI=1S/C17H24O/c1-6-8-13(3)15(5)17-10-9-16(12-14(17)4)18-11-7-2/h9-10,12-13,15H,7,11H2,1-5H3. The Kier molecular flexibility index (Phi) is 5.78. The summed E-state index contributed by atoms with van der Waals surface area (Å²) in [6.07, 6.45) is 1.04. The van der Waals surface area contributed by atoms with Crippen molar-refractivity contribution in [3.63, 3.8) is 0 Å². The normalized spacial score (nSPS) is 13.4. The molecule has 1 aromatic rings. The number of hydrogen-bond acceptors (Lipinski definition) is 1. The van der Waals surface area contributed by atoms with Gasteiger partial charge in [0.2, 0.25) is 0 Å². The molecular weight excluding hydrogens is 220 g/mol. The molecular formula is C17H24O. The van der Waals surface area contributed by atoms with Crippen molar-refractivity contribution >= 4 is 0 Å². The summed E-state index contributed by atoms with van der Waals surface area (Å²) in [7, 11) is 0. The average Bonchev–Trinajstić information content (AvgIpc) is 2.36. The van der Waals surface area contributed by atoms with E-state index in [2.05, 4.69) is 57.7 Å². The minimum Gasteiger partial charge on any atom is -0.494 e. The molecule has 0 radical (unpaired) electrons. The van der Waals surface area contributed by atoms with Gasteiger partial charge >= 0.3 is 0 Å². The molecule has 1 heteroatoms. The molecule has 0 bridgehead atoms.